The molecule has 0 bridgehead atoms. The van der Waals surface area contributed by atoms with E-state index in [4.69, 9.17) is 0 Å². The summed E-state index contributed by atoms with van der Waals surface area (Å²) in [5.41, 5.74) is 1.79. The Morgan fingerprint density at radius 3 is 2.26 bits per heavy atom. The van der Waals surface area contributed by atoms with Crippen LogP contribution in [0.5, 0.6) is 0 Å². The van der Waals surface area contributed by atoms with Gasteiger partial charge in [-0.05, 0) is 30.0 Å². The zero-order valence-corrected chi connectivity index (χ0v) is 16.1. The van der Waals surface area contributed by atoms with Crippen LogP contribution in [-0.4, -0.2) is 36.3 Å². The van der Waals surface area contributed by atoms with Gasteiger partial charge in [-0.2, -0.15) is 0 Å². The van der Waals surface area contributed by atoms with Crippen LogP contribution in [0.3, 0.4) is 0 Å². The van der Waals surface area contributed by atoms with Crippen LogP contribution < -0.4 is 5.32 Å². The van der Waals surface area contributed by atoms with Gasteiger partial charge < -0.3 is 10.2 Å². The average molecular weight is 364 g/mol. The summed E-state index contributed by atoms with van der Waals surface area (Å²) in [6.45, 7) is 6.01. The Balaban J connectivity index is 1.76. The van der Waals surface area contributed by atoms with Crippen molar-refractivity contribution in [3.63, 3.8) is 0 Å². The van der Waals surface area contributed by atoms with Crippen molar-refractivity contribution in [1.29, 1.82) is 0 Å². The lowest BCUT2D eigenvalue weighted by Crippen LogP contribution is -2.36. The fraction of sp³-hybridized carbons (Fsp3) is 0.391. The van der Waals surface area contributed by atoms with Crippen LogP contribution in [-0.2, 0) is 4.79 Å². The highest BCUT2D eigenvalue weighted by molar-refractivity contribution is 5.95. The summed E-state index contributed by atoms with van der Waals surface area (Å²) in [6.07, 6.45) is 0.959. The molecule has 1 fully saturated rings. The average Bonchev–Trinajstić information content (AvgIpc) is 3.14. The molecule has 2 unspecified atom stereocenters. The molecule has 2 atom stereocenters. The normalized spacial score (nSPS) is 19.3. The van der Waals surface area contributed by atoms with Gasteiger partial charge in [0, 0.05) is 31.1 Å². The largest absolute Gasteiger partial charge is 0.356 e. The SMILES string of the molecule is CC(C)CCNC(=O)C1CN(C(=O)c2ccccc2)CC1c1ccccc1. The Morgan fingerprint density at radius 1 is 1.00 bits per heavy atom. The van der Waals surface area contributed by atoms with E-state index in [1.54, 1.807) is 0 Å². The van der Waals surface area contributed by atoms with Crippen molar-refractivity contribution in [2.45, 2.75) is 26.2 Å². The van der Waals surface area contributed by atoms with Gasteiger partial charge in [0.1, 0.15) is 0 Å². The number of nitrogens with zero attached hydrogens (tertiary/aromatic N) is 1. The summed E-state index contributed by atoms with van der Waals surface area (Å²) in [4.78, 5) is 27.6. The molecule has 2 amide bonds. The van der Waals surface area contributed by atoms with Crippen LogP contribution in [0.25, 0.3) is 0 Å². The Morgan fingerprint density at radius 2 is 1.63 bits per heavy atom. The molecule has 1 N–H and O–H groups in total. The quantitative estimate of drug-likeness (QED) is 0.850. The van der Waals surface area contributed by atoms with Gasteiger partial charge in [0.05, 0.1) is 5.92 Å². The minimum atomic E-state index is -0.216. The molecule has 4 heteroatoms. The van der Waals surface area contributed by atoms with E-state index in [1.165, 1.54) is 0 Å². The predicted octanol–water partition coefficient (Wildman–Crippen LogP) is 3.70. The minimum Gasteiger partial charge on any atom is -0.356 e. The Hall–Kier alpha value is -2.62. The van der Waals surface area contributed by atoms with Crippen molar-refractivity contribution in [3.8, 4) is 0 Å². The second-order valence-corrected chi connectivity index (χ2v) is 7.67. The molecule has 4 nitrogen and oxygen atoms in total. The van der Waals surface area contributed by atoms with Gasteiger partial charge in [-0.25, -0.2) is 0 Å². The second kappa shape index (κ2) is 8.85. The van der Waals surface area contributed by atoms with E-state index in [0.29, 0.717) is 31.1 Å². The second-order valence-electron chi connectivity index (χ2n) is 7.67. The van der Waals surface area contributed by atoms with E-state index in [0.717, 1.165) is 12.0 Å². The van der Waals surface area contributed by atoms with E-state index in [-0.39, 0.29) is 23.7 Å². The summed E-state index contributed by atoms with van der Waals surface area (Å²) in [6, 6.07) is 19.4. The molecule has 142 valence electrons. The number of nitrogens with one attached hydrogen (secondary N) is 1. The van der Waals surface area contributed by atoms with Crippen LogP contribution in [0, 0.1) is 11.8 Å². The molecule has 0 spiro atoms. The summed E-state index contributed by atoms with van der Waals surface area (Å²) < 4.78 is 0. The fourth-order valence-electron chi connectivity index (χ4n) is 3.65. The summed E-state index contributed by atoms with van der Waals surface area (Å²) in [5.74, 6) is 0.405. The predicted molar refractivity (Wildman–Crippen MR) is 107 cm³/mol. The lowest BCUT2D eigenvalue weighted by Gasteiger charge is -2.18. The first kappa shape index (κ1) is 19.2. The lowest BCUT2D eigenvalue weighted by molar-refractivity contribution is -0.124. The maximum Gasteiger partial charge on any atom is 0.253 e. The smallest absolute Gasteiger partial charge is 0.253 e. The number of benzene rings is 2. The van der Waals surface area contributed by atoms with Gasteiger partial charge in [-0.1, -0.05) is 62.4 Å². The number of hydrogen-bond donors (Lipinski definition) is 1. The Labute approximate surface area is 161 Å². The van der Waals surface area contributed by atoms with E-state index in [1.807, 2.05) is 53.4 Å². The first-order valence-corrected chi connectivity index (χ1v) is 9.73. The molecule has 3 rings (SSSR count). The Bertz CT molecular complexity index is 758. The molecule has 0 aliphatic carbocycles. The number of amides is 2. The lowest BCUT2D eigenvalue weighted by atomic mass is 9.88. The van der Waals surface area contributed by atoms with Crippen LogP contribution >= 0.6 is 0 Å². The zero-order chi connectivity index (χ0) is 19.2. The van der Waals surface area contributed by atoms with Crippen molar-refractivity contribution < 1.29 is 9.59 Å². The molecule has 0 saturated carbocycles. The monoisotopic (exact) mass is 364 g/mol. The van der Waals surface area contributed by atoms with Crippen molar-refractivity contribution in [3.05, 3.63) is 71.8 Å². The van der Waals surface area contributed by atoms with Gasteiger partial charge in [-0.15, -0.1) is 0 Å². The zero-order valence-electron chi connectivity index (χ0n) is 16.1. The number of rotatable bonds is 6. The molecule has 1 aliphatic rings. The van der Waals surface area contributed by atoms with Crippen LogP contribution in [0.15, 0.2) is 60.7 Å². The third-order valence-electron chi connectivity index (χ3n) is 5.21. The standard InChI is InChI=1S/C23H28N2O2/c1-17(2)13-14-24-22(26)21-16-25(23(27)19-11-7-4-8-12-19)15-20(21)18-9-5-3-6-10-18/h3-12,17,20-21H,13-16H2,1-2H3,(H,24,26). The summed E-state index contributed by atoms with van der Waals surface area (Å²) in [7, 11) is 0. The van der Waals surface area contributed by atoms with Crippen molar-refractivity contribution in [2.24, 2.45) is 11.8 Å². The first-order valence-electron chi connectivity index (χ1n) is 9.73. The molecule has 1 heterocycles. The number of carbonyl (C=O) groups excluding carboxylic acids is 2. The van der Waals surface area contributed by atoms with Crippen molar-refractivity contribution >= 4 is 11.8 Å². The molecule has 0 aromatic heterocycles. The highest BCUT2D eigenvalue weighted by Crippen LogP contribution is 2.33. The molecule has 1 saturated heterocycles. The molecule has 2 aromatic carbocycles. The Kier molecular flexibility index (Phi) is 6.28. The third kappa shape index (κ3) is 4.76. The van der Waals surface area contributed by atoms with Crippen LogP contribution in [0.4, 0.5) is 0 Å². The summed E-state index contributed by atoms with van der Waals surface area (Å²) >= 11 is 0. The highest BCUT2D eigenvalue weighted by Gasteiger charge is 2.40. The first-order chi connectivity index (χ1) is 13.1. The van der Waals surface area contributed by atoms with Crippen LogP contribution in [0.1, 0.15) is 42.1 Å². The molecule has 1 aliphatic heterocycles. The van der Waals surface area contributed by atoms with Crippen molar-refractivity contribution in [2.75, 3.05) is 19.6 Å². The molecule has 2 aromatic rings. The highest BCUT2D eigenvalue weighted by atomic mass is 16.2. The maximum atomic E-state index is 12.9. The van der Waals surface area contributed by atoms with E-state index >= 15 is 0 Å². The molecular weight excluding hydrogens is 336 g/mol. The topological polar surface area (TPSA) is 49.4 Å². The fourth-order valence-corrected chi connectivity index (χ4v) is 3.65. The minimum absolute atomic E-state index is 0.00554. The van der Waals surface area contributed by atoms with Gasteiger partial charge in [0.25, 0.3) is 5.91 Å². The molecule has 27 heavy (non-hydrogen) atoms. The van der Waals surface area contributed by atoms with E-state index in [2.05, 4.69) is 31.3 Å². The van der Waals surface area contributed by atoms with Crippen molar-refractivity contribution in [1.82, 2.24) is 10.2 Å². The third-order valence-corrected chi connectivity index (χ3v) is 5.21. The van der Waals surface area contributed by atoms with Gasteiger partial charge in [-0.3, -0.25) is 9.59 Å². The maximum absolute atomic E-state index is 12.9. The number of hydrogen-bond acceptors (Lipinski definition) is 2. The summed E-state index contributed by atoms with van der Waals surface area (Å²) in [5, 5.41) is 3.08. The van der Waals surface area contributed by atoms with Gasteiger partial charge in [0.15, 0.2) is 0 Å². The number of carbonyl (C=O) groups is 2. The van der Waals surface area contributed by atoms with Gasteiger partial charge >= 0.3 is 0 Å². The van der Waals surface area contributed by atoms with E-state index < -0.39 is 0 Å². The number of likely N-dealkylation sites (tertiary alicyclic amines) is 1. The van der Waals surface area contributed by atoms with Gasteiger partial charge in [0.2, 0.25) is 5.91 Å². The molecule has 0 radical (unpaired) electrons. The van der Waals surface area contributed by atoms with E-state index in [9.17, 15) is 9.59 Å². The van der Waals surface area contributed by atoms with Crippen LogP contribution in [0.2, 0.25) is 0 Å². The molecular formula is C23H28N2O2.